The zero-order valence-corrected chi connectivity index (χ0v) is 11.4. The maximum Gasteiger partial charge on any atom is 0.417 e. The minimum absolute atomic E-state index is 0.194. The van der Waals surface area contributed by atoms with Gasteiger partial charge in [-0.15, -0.1) is 0 Å². The van der Waals surface area contributed by atoms with Crippen molar-refractivity contribution in [2.24, 2.45) is 0 Å². The third kappa shape index (κ3) is 3.15. The van der Waals surface area contributed by atoms with E-state index in [1.807, 2.05) is 4.90 Å². The lowest BCUT2D eigenvalue weighted by atomic mass is 10.1. The van der Waals surface area contributed by atoms with E-state index in [-0.39, 0.29) is 5.02 Å². The zero-order valence-electron chi connectivity index (χ0n) is 10.7. The molecule has 2 nitrogen and oxygen atoms in total. The van der Waals surface area contributed by atoms with Gasteiger partial charge in [-0.1, -0.05) is 24.6 Å². The summed E-state index contributed by atoms with van der Waals surface area (Å²) in [5, 5.41) is -0.194. The van der Waals surface area contributed by atoms with Crippen molar-refractivity contribution in [1.82, 2.24) is 4.90 Å². The fourth-order valence-electron chi connectivity index (χ4n) is 2.29. The maximum absolute atomic E-state index is 12.8. The van der Waals surface area contributed by atoms with Gasteiger partial charge in [0.1, 0.15) is 0 Å². The summed E-state index contributed by atoms with van der Waals surface area (Å²) in [4.78, 5) is 4.18. The second-order valence-electron chi connectivity index (χ2n) is 4.56. The lowest BCUT2D eigenvalue weighted by molar-refractivity contribution is -0.137. The Morgan fingerprint density at radius 2 is 1.79 bits per heavy atom. The molecule has 2 rings (SSSR count). The fraction of sp³-hybridized carbons (Fsp3) is 0.538. The van der Waals surface area contributed by atoms with Crippen molar-refractivity contribution >= 4 is 17.3 Å². The van der Waals surface area contributed by atoms with Crippen LogP contribution in [0.4, 0.5) is 18.9 Å². The van der Waals surface area contributed by atoms with Gasteiger partial charge in [0.2, 0.25) is 0 Å². The largest absolute Gasteiger partial charge is 0.417 e. The van der Waals surface area contributed by atoms with Gasteiger partial charge in [0.25, 0.3) is 0 Å². The fourth-order valence-corrected chi connectivity index (χ4v) is 2.64. The molecule has 1 aliphatic heterocycles. The summed E-state index contributed by atoms with van der Waals surface area (Å²) in [5.41, 5.74) is -0.281. The molecule has 0 aromatic heterocycles. The van der Waals surface area contributed by atoms with Crippen LogP contribution in [0.1, 0.15) is 12.5 Å². The van der Waals surface area contributed by atoms with E-state index in [0.717, 1.165) is 25.7 Å². The molecule has 0 radical (unpaired) electrons. The number of hydrogen-bond donors (Lipinski definition) is 0. The van der Waals surface area contributed by atoms with Crippen LogP contribution >= 0.6 is 11.6 Å². The van der Waals surface area contributed by atoms with Crippen LogP contribution < -0.4 is 4.90 Å². The van der Waals surface area contributed by atoms with Crippen molar-refractivity contribution in [2.75, 3.05) is 37.6 Å². The lowest BCUT2D eigenvalue weighted by Gasteiger charge is -2.36. The Balaban J connectivity index is 2.22. The third-order valence-electron chi connectivity index (χ3n) is 3.44. The van der Waals surface area contributed by atoms with Gasteiger partial charge in [-0.05, 0) is 18.7 Å². The zero-order chi connectivity index (χ0) is 14.0. The Morgan fingerprint density at radius 1 is 1.16 bits per heavy atom. The normalized spacial score (nSPS) is 17.8. The van der Waals surface area contributed by atoms with Gasteiger partial charge >= 0.3 is 6.18 Å². The van der Waals surface area contributed by atoms with Crippen LogP contribution in [-0.2, 0) is 6.18 Å². The van der Waals surface area contributed by atoms with Crippen LogP contribution in [0.2, 0.25) is 5.02 Å². The Kier molecular flexibility index (Phi) is 4.26. The number of hydrogen-bond acceptors (Lipinski definition) is 2. The predicted octanol–water partition coefficient (Wildman–Crippen LogP) is 3.50. The van der Waals surface area contributed by atoms with Crippen molar-refractivity contribution < 1.29 is 13.2 Å². The molecule has 0 N–H and O–H groups in total. The van der Waals surface area contributed by atoms with Crippen LogP contribution in [0, 0.1) is 0 Å². The molecule has 0 amide bonds. The molecule has 0 spiro atoms. The van der Waals surface area contributed by atoms with Crippen LogP contribution in [0.3, 0.4) is 0 Å². The lowest BCUT2D eigenvalue weighted by Crippen LogP contribution is -2.46. The van der Waals surface area contributed by atoms with Crippen molar-refractivity contribution in [2.45, 2.75) is 13.1 Å². The summed E-state index contributed by atoms with van der Waals surface area (Å²) in [6.07, 6.45) is -4.40. The first kappa shape index (κ1) is 14.5. The Hall–Kier alpha value is -0.940. The highest BCUT2D eigenvalue weighted by Crippen LogP contribution is 2.39. The van der Waals surface area contributed by atoms with Gasteiger partial charge in [-0.25, -0.2) is 0 Å². The molecule has 1 aliphatic rings. The molecule has 19 heavy (non-hydrogen) atoms. The van der Waals surface area contributed by atoms with E-state index in [0.29, 0.717) is 18.8 Å². The SMILES string of the molecule is CCN1CCN(c2cccc(C(F)(F)F)c2Cl)CC1. The number of piperazine rings is 1. The number of halogens is 4. The molecule has 1 aromatic rings. The number of rotatable bonds is 2. The summed E-state index contributed by atoms with van der Waals surface area (Å²) in [5.74, 6) is 0. The number of alkyl halides is 3. The third-order valence-corrected chi connectivity index (χ3v) is 3.84. The van der Waals surface area contributed by atoms with Crippen LogP contribution in [0.5, 0.6) is 0 Å². The predicted molar refractivity (Wildman–Crippen MR) is 70.8 cm³/mol. The molecule has 0 saturated carbocycles. The molecule has 1 fully saturated rings. The molecular formula is C13H16ClF3N2. The van der Waals surface area contributed by atoms with Crippen LogP contribution in [-0.4, -0.2) is 37.6 Å². The van der Waals surface area contributed by atoms with E-state index in [1.165, 1.54) is 6.07 Å². The number of benzene rings is 1. The summed E-state index contributed by atoms with van der Waals surface area (Å²) in [7, 11) is 0. The highest BCUT2D eigenvalue weighted by molar-refractivity contribution is 6.34. The summed E-state index contributed by atoms with van der Waals surface area (Å²) in [6.45, 7) is 6.15. The highest BCUT2D eigenvalue weighted by Gasteiger charge is 2.34. The van der Waals surface area contributed by atoms with Gasteiger partial charge in [0, 0.05) is 26.2 Å². The molecule has 0 bridgehead atoms. The van der Waals surface area contributed by atoms with E-state index in [4.69, 9.17) is 11.6 Å². The number of nitrogens with zero attached hydrogens (tertiary/aromatic N) is 2. The second kappa shape index (κ2) is 5.59. The first-order chi connectivity index (χ1) is 8.93. The number of anilines is 1. The van der Waals surface area contributed by atoms with Gasteiger partial charge in [-0.2, -0.15) is 13.2 Å². The summed E-state index contributed by atoms with van der Waals surface area (Å²) in [6, 6.07) is 4.09. The second-order valence-corrected chi connectivity index (χ2v) is 4.94. The summed E-state index contributed by atoms with van der Waals surface area (Å²) < 4.78 is 38.4. The highest BCUT2D eigenvalue weighted by atomic mass is 35.5. The Bertz CT molecular complexity index is 440. The van der Waals surface area contributed by atoms with Gasteiger partial charge < -0.3 is 9.80 Å². The molecule has 1 saturated heterocycles. The first-order valence-corrected chi connectivity index (χ1v) is 6.64. The molecule has 0 aliphatic carbocycles. The van der Waals surface area contributed by atoms with E-state index in [1.54, 1.807) is 6.07 Å². The molecular weight excluding hydrogens is 277 g/mol. The minimum Gasteiger partial charge on any atom is -0.368 e. The smallest absolute Gasteiger partial charge is 0.368 e. The van der Waals surface area contributed by atoms with Crippen molar-refractivity contribution in [3.05, 3.63) is 28.8 Å². The van der Waals surface area contributed by atoms with Gasteiger partial charge in [0.15, 0.2) is 0 Å². The van der Waals surface area contributed by atoms with Crippen molar-refractivity contribution in [3.63, 3.8) is 0 Å². The molecule has 1 aromatic carbocycles. The van der Waals surface area contributed by atoms with E-state index in [2.05, 4.69) is 11.8 Å². The van der Waals surface area contributed by atoms with Crippen molar-refractivity contribution in [3.8, 4) is 0 Å². The monoisotopic (exact) mass is 292 g/mol. The van der Waals surface area contributed by atoms with Gasteiger partial charge in [0.05, 0.1) is 16.3 Å². The summed E-state index contributed by atoms with van der Waals surface area (Å²) >= 11 is 5.92. The molecule has 6 heteroatoms. The van der Waals surface area contributed by atoms with E-state index >= 15 is 0 Å². The van der Waals surface area contributed by atoms with Crippen molar-refractivity contribution in [1.29, 1.82) is 0 Å². The minimum atomic E-state index is -4.40. The standard InChI is InChI=1S/C13H16ClF3N2/c1-2-18-6-8-19(9-7-18)11-5-3-4-10(12(11)14)13(15,16)17/h3-5H,2,6-9H2,1H3. The van der Waals surface area contributed by atoms with Crippen LogP contribution in [0.15, 0.2) is 18.2 Å². The Labute approximate surface area is 115 Å². The molecule has 106 valence electrons. The number of likely N-dealkylation sites (N-methyl/N-ethyl adjacent to an activating group) is 1. The Morgan fingerprint density at radius 3 is 2.32 bits per heavy atom. The maximum atomic E-state index is 12.8. The topological polar surface area (TPSA) is 6.48 Å². The molecule has 0 atom stereocenters. The van der Waals surface area contributed by atoms with E-state index < -0.39 is 11.7 Å². The molecule has 1 heterocycles. The van der Waals surface area contributed by atoms with Crippen LogP contribution in [0.25, 0.3) is 0 Å². The van der Waals surface area contributed by atoms with Gasteiger partial charge in [-0.3, -0.25) is 0 Å². The first-order valence-electron chi connectivity index (χ1n) is 6.26. The molecule has 0 unspecified atom stereocenters. The average Bonchev–Trinajstić information content (AvgIpc) is 2.38. The van der Waals surface area contributed by atoms with E-state index in [9.17, 15) is 13.2 Å². The average molecular weight is 293 g/mol. The quantitative estimate of drug-likeness (QED) is 0.823.